The first-order valence-electron chi connectivity index (χ1n) is 5.19. The van der Waals surface area contributed by atoms with Gasteiger partial charge in [-0.1, -0.05) is 0 Å². The zero-order chi connectivity index (χ0) is 14.9. The summed E-state index contributed by atoms with van der Waals surface area (Å²) in [6.07, 6.45) is 1.44. The van der Waals surface area contributed by atoms with Gasteiger partial charge in [-0.3, -0.25) is 19.3 Å². The van der Waals surface area contributed by atoms with Crippen LogP contribution >= 0.6 is 43.6 Å². The predicted octanol–water partition coefficient (Wildman–Crippen LogP) is 3.01. The predicted molar refractivity (Wildman–Crippen MR) is 78.8 cm³/mol. The van der Waals surface area contributed by atoms with E-state index < -0.39 is 23.7 Å². The molecule has 0 atom stereocenters. The molecule has 0 aliphatic carbocycles. The number of furan rings is 1. The minimum Gasteiger partial charge on any atom is -0.468 e. The molecule has 1 aliphatic rings. The molecule has 9 heteroatoms. The molecule has 0 N–H and O–H groups in total. The van der Waals surface area contributed by atoms with Crippen molar-refractivity contribution in [3.63, 3.8) is 0 Å². The molecule has 0 aromatic carbocycles. The lowest BCUT2D eigenvalue weighted by Gasteiger charge is -2.09. The molecule has 6 nitrogen and oxygen atoms in total. The van der Waals surface area contributed by atoms with Crippen LogP contribution < -0.4 is 0 Å². The molecule has 1 aromatic heterocycles. The van der Waals surface area contributed by atoms with Crippen molar-refractivity contribution < 1.29 is 23.5 Å². The fourth-order valence-electron chi connectivity index (χ4n) is 1.39. The maximum atomic E-state index is 12.0. The van der Waals surface area contributed by atoms with Gasteiger partial charge in [0.2, 0.25) is 0 Å². The van der Waals surface area contributed by atoms with Crippen molar-refractivity contribution in [3.8, 4) is 0 Å². The summed E-state index contributed by atoms with van der Waals surface area (Å²) in [6, 6.07) is 1.65. The molecule has 1 saturated heterocycles. The van der Waals surface area contributed by atoms with Gasteiger partial charge in [0.25, 0.3) is 11.1 Å². The number of halogens is 2. The van der Waals surface area contributed by atoms with Crippen LogP contribution in [0.25, 0.3) is 6.08 Å². The van der Waals surface area contributed by atoms with Crippen LogP contribution in [0.15, 0.2) is 24.5 Å². The van der Waals surface area contributed by atoms with Crippen LogP contribution in [0.5, 0.6) is 0 Å². The van der Waals surface area contributed by atoms with Gasteiger partial charge in [-0.15, -0.1) is 0 Å². The summed E-state index contributed by atoms with van der Waals surface area (Å²) in [7, 11) is 1.19. The summed E-state index contributed by atoms with van der Waals surface area (Å²) in [5, 5.41) is -0.517. The lowest BCUT2D eigenvalue weighted by atomic mass is 10.3. The summed E-state index contributed by atoms with van der Waals surface area (Å²) in [5.41, 5.74) is 0. The maximum absolute atomic E-state index is 12.0. The normalized spacial score (nSPS) is 17.1. The molecule has 106 valence electrons. The standard InChI is InChI=1S/C11H7Br2NO5S/c1-18-8(15)4-14-10(16)7(20-11(14)17)3-5-2-6(12)9(13)19-5/h2-3H,4H2,1H3/b7-3+. The van der Waals surface area contributed by atoms with E-state index in [-0.39, 0.29) is 4.91 Å². The van der Waals surface area contributed by atoms with Crippen molar-refractivity contribution in [2.24, 2.45) is 0 Å². The maximum Gasteiger partial charge on any atom is 0.325 e. The second kappa shape index (κ2) is 6.15. The molecule has 0 radical (unpaired) electrons. The summed E-state index contributed by atoms with van der Waals surface area (Å²) in [4.78, 5) is 35.8. The number of carbonyl (C=O) groups excluding carboxylic acids is 3. The van der Waals surface area contributed by atoms with Gasteiger partial charge < -0.3 is 9.15 Å². The Morgan fingerprint density at radius 1 is 1.50 bits per heavy atom. The number of carbonyl (C=O) groups is 3. The fraction of sp³-hybridized carbons (Fsp3) is 0.182. The quantitative estimate of drug-likeness (QED) is 0.548. The summed E-state index contributed by atoms with van der Waals surface area (Å²) >= 11 is 7.16. The van der Waals surface area contributed by atoms with Crippen LogP contribution in [0.3, 0.4) is 0 Å². The van der Waals surface area contributed by atoms with E-state index in [1.165, 1.54) is 13.2 Å². The zero-order valence-corrected chi connectivity index (χ0v) is 14.0. The second-order valence-electron chi connectivity index (χ2n) is 3.61. The Balaban J connectivity index is 2.21. The van der Waals surface area contributed by atoms with Gasteiger partial charge in [0.1, 0.15) is 12.3 Å². The Hall–Kier alpha value is -1.06. The Labute approximate surface area is 134 Å². The Morgan fingerprint density at radius 3 is 2.75 bits per heavy atom. The van der Waals surface area contributed by atoms with Gasteiger partial charge in [0, 0.05) is 6.08 Å². The number of ether oxygens (including phenoxy) is 1. The van der Waals surface area contributed by atoms with Crippen molar-refractivity contribution in [2.45, 2.75) is 0 Å². The number of hydrogen-bond donors (Lipinski definition) is 0. The highest BCUT2D eigenvalue weighted by Gasteiger charge is 2.36. The smallest absolute Gasteiger partial charge is 0.325 e. The highest BCUT2D eigenvalue weighted by Crippen LogP contribution is 2.34. The summed E-state index contributed by atoms with van der Waals surface area (Å²) in [5.74, 6) is -0.793. The molecular formula is C11H7Br2NO5S. The molecule has 0 spiro atoms. The third-order valence-corrected chi connectivity index (χ3v) is 4.94. The van der Waals surface area contributed by atoms with E-state index in [4.69, 9.17) is 4.42 Å². The molecule has 0 bridgehead atoms. The number of esters is 1. The molecule has 2 amide bonds. The van der Waals surface area contributed by atoms with Crippen molar-refractivity contribution >= 4 is 66.8 Å². The average molecular weight is 425 g/mol. The van der Waals surface area contributed by atoms with Crippen LogP contribution in [0, 0.1) is 0 Å². The first kappa shape index (κ1) is 15.3. The zero-order valence-electron chi connectivity index (χ0n) is 10.0. The van der Waals surface area contributed by atoms with Gasteiger partial charge >= 0.3 is 5.97 Å². The molecule has 20 heavy (non-hydrogen) atoms. The van der Waals surface area contributed by atoms with E-state index in [1.807, 2.05) is 0 Å². The number of thioether (sulfide) groups is 1. The topological polar surface area (TPSA) is 76.8 Å². The SMILES string of the molecule is COC(=O)CN1C(=O)S/C(=C/c2cc(Br)c(Br)o2)C1=O. The molecule has 2 rings (SSSR count). The fourth-order valence-corrected chi connectivity index (χ4v) is 2.82. The third kappa shape index (κ3) is 3.15. The molecule has 1 aliphatic heterocycles. The summed E-state index contributed by atoms with van der Waals surface area (Å²) in [6.45, 7) is -0.399. The number of rotatable bonds is 3. The van der Waals surface area contributed by atoms with E-state index in [9.17, 15) is 14.4 Å². The van der Waals surface area contributed by atoms with Crippen molar-refractivity contribution in [1.82, 2.24) is 4.90 Å². The van der Waals surface area contributed by atoms with E-state index >= 15 is 0 Å². The third-order valence-electron chi connectivity index (χ3n) is 2.33. The van der Waals surface area contributed by atoms with E-state index in [1.54, 1.807) is 6.07 Å². The Bertz CT molecular complexity index is 605. The van der Waals surface area contributed by atoms with Gasteiger partial charge in [0.15, 0.2) is 4.67 Å². The van der Waals surface area contributed by atoms with E-state index in [2.05, 4.69) is 36.6 Å². The molecule has 1 aromatic rings. The van der Waals surface area contributed by atoms with Crippen LogP contribution in [0.4, 0.5) is 4.79 Å². The van der Waals surface area contributed by atoms with Crippen molar-refractivity contribution in [3.05, 3.63) is 25.9 Å². The molecule has 0 saturated carbocycles. The number of methoxy groups -OCH3 is 1. The second-order valence-corrected chi connectivity index (χ2v) is 6.18. The lowest BCUT2D eigenvalue weighted by molar-refractivity contribution is -0.143. The lowest BCUT2D eigenvalue weighted by Crippen LogP contribution is -2.34. The Kier molecular flexibility index (Phi) is 4.71. The monoisotopic (exact) mass is 423 g/mol. The number of nitrogens with zero attached hydrogens (tertiary/aromatic N) is 1. The van der Waals surface area contributed by atoms with Crippen LogP contribution in [0.2, 0.25) is 0 Å². The van der Waals surface area contributed by atoms with Crippen LogP contribution in [-0.2, 0) is 14.3 Å². The van der Waals surface area contributed by atoms with Gasteiger partial charge in [-0.2, -0.15) is 0 Å². The van der Waals surface area contributed by atoms with E-state index in [0.717, 1.165) is 16.7 Å². The molecular weight excluding hydrogens is 418 g/mol. The summed E-state index contributed by atoms with van der Waals surface area (Å²) < 4.78 is 10.9. The number of amides is 2. The van der Waals surface area contributed by atoms with Crippen LogP contribution in [-0.4, -0.2) is 35.7 Å². The first-order chi connectivity index (χ1) is 9.42. The minimum atomic E-state index is -0.656. The number of imide groups is 1. The van der Waals surface area contributed by atoms with Gasteiger partial charge in [0.05, 0.1) is 16.5 Å². The first-order valence-corrected chi connectivity index (χ1v) is 7.59. The average Bonchev–Trinajstić information content (AvgIpc) is 2.84. The Morgan fingerprint density at radius 2 is 2.20 bits per heavy atom. The van der Waals surface area contributed by atoms with Crippen molar-refractivity contribution in [2.75, 3.05) is 13.7 Å². The van der Waals surface area contributed by atoms with Crippen molar-refractivity contribution in [1.29, 1.82) is 0 Å². The largest absolute Gasteiger partial charge is 0.468 e. The van der Waals surface area contributed by atoms with Crippen LogP contribution in [0.1, 0.15) is 5.76 Å². The molecule has 0 unspecified atom stereocenters. The van der Waals surface area contributed by atoms with Gasteiger partial charge in [-0.25, -0.2) is 0 Å². The number of hydrogen-bond acceptors (Lipinski definition) is 6. The molecule has 2 heterocycles. The highest BCUT2D eigenvalue weighted by molar-refractivity contribution is 9.13. The van der Waals surface area contributed by atoms with Gasteiger partial charge in [-0.05, 0) is 49.7 Å². The van der Waals surface area contributed by atoms with E-state index in [0.29, 0.717) is 14.9 Å². The minimum absolute atomic E-state index is 0.188. The molecule has 1 fully saturated rings. The highest BCUT2D eigenvalue weighted by atomic mass is 79.9.